The molecule has 0 radical (unpaired) electrons. The molecule has 0 saturated carbocycles. The average Bonchev–Trinajstić information content (AvgIpc) is 2.90. The lowest BCUT2D eigenvalue weighted by atomic mass is 10.0. The molecule has 1 aliphatic rings. The van der Waals surface area contributed by atoms with Gasteiger partial charge in [0.25, 0.3) is 0 Å². The fraction of sp³-hybridized carbons (Fsp3) is 0.400. The Morgan fingerprint density at radius 2 is 2.10 bits per heavy atom. The van der Waals surface area contributed by atoms with Gasteiger partial charge in [-0.25, -0.2) is 0 Å². The largest absolute Gasteiger partial charge is 0.486 e. The van der Waals surface area contributed by atoms with Crippen LogP contribution in [0.4, 0.5) is 0 Å². The van der Waals surface area contributed by atoms with Crippen LogP contribution in [0.3, 0.4) is 0 Å². The number of hydrogen-bond donors (Lipinski definition) is 1. The summed E-state index contributed by atoms with van der Waals surface area (Å²) < 4.78 is 12.8. The van der Waals surface area contributed by atoms with Crippen molar-refractivity contribution in [2.45, 2.75) is 18.9 Å². The van der Waals surface area contributed by atoms with Crippen molar-refractivity contribution in [2.75, 3.05) is 13.2 Å². The Hall–Kier alpha value is -2.01. The summed E-state index contributed by atoms with van der Waals surface area (Å²) in [5.41, 5.74) is 1.99. The van der Waals surface area contributed by atoms with Gasteiger partial charge in [0.1, 0.15) is 13.2 Å². The fourth-order valence-electron chi connectivity index (χ4n) is 2.34. The first-order valence-corrected chi connectivity index (χ1v) is 6.77. The molecule has 1 unspecified atom stereocenters. The Kier molecular flexibility index (Phi) is 3.60. The van der Waals surface area contributed by atoms with Crippen LogP contribution < -0.4 is 9.47 Å². The molecule has 2 heterocycles. The summed E-state index contributed by atoms with van der Waals surface area (Å²) in [5.74, 6) is 1.47. The minimum atomic E-state index is -0.508. The molecule has 0 fully saturated rings. The normalized spacial score (nSPS) is 15.1. The van der Waals surface area contributed by atoms with Crippen LogP contribution in [-0.4, -0.2) is 28.1 Å². The number of aryl methyl sites for hydroxylation is 2. The van der Waals surface area contributed by atoms with Crippen molar-refractivity contribution >= 4 is 0 Å². The molecule has 1 N–H and O–H groups in total. The van der Waals surface area contributed by atoms with Crippen molar-refractivity contribution < 1.29 is 14.6 Å². The van der Waals surface area contributed by atoms with Gasteiger partial charge in [-0.1, -0.05) is 6.07 Å². The van der Waals surface area contributed by atoms with Crippen LogP contribution in [0.25, 0.3) is 0 Å². The van der Waals surface area contributed by atoms with Crippen LogP contribution in [0.5, 0.6) is 11.5 Å². The maximum Gasteiger partial charge on any atom is 0.161 e. The van der Waals surface area contributed by atoms with Gasteiger partial charge in [-0.3, -0.25) is 4.68 Å². The van der Waals surface area contributed by atoms with Crippen molar-refractivity contribution in [3.63, 3.8) is 0 Å². The third-order valence-electron chi connectivity index (χ3n) is 3.42. The summed E-state index contributed by atoms with van der Waals surface area (Å²) in [4.78, 5) is 0. The lowest BCUT2D eigenvalue weighted by molar-refractivity contribution is 0.159. The van der Waals surface area contributed by atoms with E-state index in [1.165, 1.54) is 0 Å². The number of aromatic nitrogens is 2. The molecule has 2 aromatic rings. The Morgan fingerprint density at radius 3 is 2.85 bits per heavy atom. The Balaban J connectivity index is 1.66. The molecular weight excluding hydrogens is 256 g/mol. The zero-order valence-electron chi connectivity index (χ0n) is 11.5. The van der Waals surface area contributed by atoms with E-state index >= 15 is 0 Å². The molecule has 3 rings (SSSR count). The van der Waals surface area contributed by atoms with Gasteiger partial charge in [-0.15, -0.1) is 0 Å². The summed E-state index contributed by atoms with van der Waals surface area (Å²) in [6.45, 7) is 1.14. The molecular formula is C15H18N2O3. The molecule has 1 aromatic heterocycles. The first kappa shape index (κ1) is 13.0. The van der Waals surface area contributed by atoms with E-state index in [2.05, 4.69) is 5.10 Å². The molecule has 0 saturated heterocycles. The van der Waals surface area contributed by atoms with Crippen LogP contribution in [0.2, 0.25) is 0 Å². The standard InChI is InChI=1S/C15H18N2O3/c1-17-10-11(9-16-17)2-4-13(18)12-3-5-14-15(8-12)20-7-6-19-14/h3,5,8-10,13,18H,2,4,6-7H2,1H3. The second-order valence-corrected chi connectivity index (χ2v) is 4.98. The van der Waals surface area contributed by atoms with Crippen molar-refractivity contribution in [1.82, 2.24) is 9.78 Å². The monoisotopic (exact) mass is 274 g/mol. The number of fused-ring (bicyclic) bond motifs is 1. The Bertz CT molecular complexity index is 595. The Morgan fingerprint density at radius 1 is 1.30 bits per heavy atom. The van der Waals surface area contributed by atoms with Gasteiger partial charge in [0.2, 0.25) is 0 Å². The van der Waals surface area contributed by atoms with Gasteiger partial charge in [0.15, 0.2) is 11.5 Å². The summed E-state index contributed by atoms with van der Waals surface area (Å²) in [6.07, 6.45) is 4.74. The summed E-state index contributed by atoms with van der Waals surface area (Å²) >= 11 is 0. The smallest absolute Gasteiger partial charge is 0.161 e. The van der Waals surface area contributed by atoms with E-state index in [-0.39, 0.29) is 0 Å². The highest BCUT2D eigenvalue weighted by molar-refractivity contribution is 5.44. The molecule has 1 aliphatic heterocycles. The van der Waals surface area contributed by atoms with Crippen molar-refractivity contribution in [3.8, 4) is 11.5 Å². The van der Waals surface area contributed by atoms with Gasteiger partial charge < -0.3 is 14.6 Å². The predicted octanol–water partition coefficient (Wildman–Crippen LogP) is 1.86. The summed E-state index contributed by atoms with van der Waals surface area (Å²) in [6, 6.07) is 5.61. The first-order valence-electron chi connectivity index (χ1n) is 6.77. The quantitative estimate of drug-likeness (QED) is 0.924. The maximum atomic E-state index is 10.3. The van der Waals surface area contributed by atoms with E-state index in [0.717, 1.165) is 23.3 Å². The van der Waals surface area contributed by atoms with Gasteiger partial charge >= 0.3 is 0 Å². The topological polar surface area (TPSA) is 56.5 Å². The van der Waals surface area contributed by atoms with E-state index < -0.39 is 6.10 Å². The van der Waals surface area contributed by atoms with Crippen LogP contribution in [0.15, 0.2) is 30.6 Å². The van der Waals surface area contributed by atoms with Crippen molar-refractivity contribution in [1.29, 1.82) is 0 Å². The van der Waals surface area contributed by atoms with E-state index in [9.17, 15) is 5.11 Å². The summed E-state index contributed by atoms with van der Waals surface area (Å²) in [5, 5.41) is 14.4. The zero-order valence-corrected chi connectivity index (χ0v) is 11.5. The number of ether oxygens (including phenoxy) is 2. The van der Waals surface area contributed by atoms with E-state index in [1.807, 2.05) is 37.6 Å². The lowest BCUT2D eigenvalue weighted by Crippen LogP contribution is -2.15. The molecule has 1 aromatic carbocycles. The highest BCUT2D eigenvalue weighted by Gasteiger charge is 2.15. The van der Waals surface area contributed by atoms with Gasteiger partial charge in [0.05, 0.1) is 12.3 Å². The molecule has 0 spiro atoms. The van der Waals surface area contributed by atoms with E-state index in [4.69, 9.17) is 9.47 Å². The molecule has 1 atom stereocenters. The molecule has 0 amide bonds. The number of benzene rings is 1. The highest BCUT2D eigenvalue weighted by Crippen LogP contribution is 2.33. The van der Waals surface area contributed by atoms with Crippen molar-refractivity contribution in [3.05, 3.63) is 41.7 Å². The fourth-order valence-corrected chi connectivity index (χ4v) is 2.34. The molecule has 106 valence electrons. The Labute approximate surface area is 117 Å². The van der Waals surface area contributed by atoms with Crippen LogP contribution in [0.1, 0.15) is 23.7 Å². The SMILES string of the molecule is Cn1cc(CCC(O)c2ccc3c(c2)OCCO3)cn1. The van der Waals surface area contributed by atoms with Crippen LogP contribution in [-0.2, 0) is 13.5 Å². The maximum absolute atomic E-state index is 10.3. The molecule has 5 nitrogen and oxygen atoms in total. The van der Waals surface area contributed by atoms with Crippen LogP contribution in [0, 0.1) is 0 Å². The average molecular weight is 274 g/mol. The minimum absolute atomic E-state index is 0.508. The second-order valence-electron chi connectivity index (χ2n) is 4.98. The van der Waals surface area contributed by atoms with Gasteiger partial charge in [0, 0.05) is 13.2 Å². The van der Waals surface area contributed by atoms with E-state index in [0.29, 0.717) is 25.4 Å². The van der Waals surface area contributed by atoms with E-state index in [1.54, 1.807) is 4.68 Å². The predicted molar refractivity (Wildman–Crippen MR) is 73.9 cm³/mol. The summed E-state index contributed by atoms with van der Waals surface area (Å²) in [7, 11) is 1.89. The van der Waals surface area contributed by atoms with Crippen LogP contribution >= 0.6 is 0 Å². The number of nitrogens with zero attached hydrogens (tertiary/aromatic N) is 2. The number of aliphatic hydroxyl groups is 1. The second kappa shape index (κ2) is 5.54. The number of hydrogen-bond acceptors (Lipinski definition) is 4. The van der Waals surface area contributed by atoms with Gasteiger partial charge in [-0.05, 0) is 36.1 Å². The first-order chi connectivity index (χ1) is 9.72. The highest BCUT2D eigenvalue weighted by atomic mass is 16.6. The number of aliphatic hydroxyl groups excluding tert-OH is 1. The number of rotatable bonds is 4. The molecule has 0 bridgehead atoms. The lowest BCUT2D eigenvalue weighted by Gasteiger charge is -2.20. The third kappa shape index (κ3) is 2.77. The zero-order chi connectivity index (χ0) is 13.9. The molecule has 5 heteroatoms. The molecule has 20 heavy (non-hydrogen) atoms. The van der Waals surface area contributed by atoms with Gasteiger partial charge in [-0.2, -0.15) is 5.10 Å². The third-order valence-corrected chi connectivity index (χ3v) is 3.42. The minimum Gasteiger partial charge on any atom is -0.486 e. The molecule has 0 aliphatic carbocycles. The van der Waals surface area contributed by atoms with Crippen molar-refractivity contribution in [2.24, 2.45) is 7.05 Å².